The molecule has 0 saturated carbocycles. The first kappa shape index (κ1) is 15.7. The molecule has 8 heteroatoms. The van der Waals surface area contributed by atoms with Gasteiger partial charge in [0.25, 0.3) is 0 Å². The molecule has 1 saturated heterocycles. The predicted molar refractivity (Wildman–Crippen MR) is 79.9 cm³/mol. The molecule has 2 heterocycles. The van der Waals surface area contributed by atoms with Crippen molar-refractivity contribution in [3.05, 3.63) is 28.5 Å². The van der Waals surface area contributed by atoms with Crippen LogP contribution in [0.3, 0.4) is 0 Å². The summed E-state index contributed by atoms with van der Waals surface area (Å²) < 4.78 is 21.6. The highest BCUT2D eigenvalue weighted by molar-refractivity contribution is 6.42. The average molecular weight is 347 g/mol. The Labute approximate surface area is 135 Å². The Hall–Kier alpha value is -1.21. The van der Waals surface area contributed by atoms with Gasteiger partial charge in [0.1, 0.15) is 0 Å². The molecule has 1 aliphatic heterocycles. The van der Waals surface area contributed by atoms with E-state index < -0.39 is 29.9 Å². The summed E-state index contributed by atoms with van der Waals surface area (Å²) in [5, 5.41) is 10.9. The quantitative estimate of drug-likeness (QED) is 0.907. The van der Waals surface area contributed by atoms with Gasteiger partial charge < -0.3 is 14.4 Å². The van der Waals surface area contributed by atoms with E-state index in [1.54, 1.807) is 6.07 Å². The molecule has 0 amide bonds. The largest absolute Gasteiger partial charge is 0.377 e. The number of carbonyl (C=O) groups is 1. The predicted octanol–water partition coefficient (Wildman–Crippen LogP) is 2.92. The normalized spacial score (nSPS) is 31.8. The molecule has 0 unspecified atom stereocenters. The van der Waals surface area contributed by atoms with Gasteiger partial charge in [-0.1, -0.05) is 23.2 Å². The SMILES string of the molecule is CC(=O)[C@@]1(O)[C@@H](C)O[C@@H](n2cnc3cc(Cl)c(Cl)cc32)[C@@H]1F. The standard InChI is InChI=1S/C14H13Cl2FN2O3/c1-6(20)14(21)7(2)22-13(12(14)17)19-5-18-10-3-8(15)9(16)4-11(10)19/h3-5,7,12-13,21H,1-2H3/t7-,12+,13-,14-/m1/s1. The number of benzene rings is 1. The van der Waals surface area contributed by atoms with E-state index in [1.165, 1.54) is 23.9 Å². The molecule has 3 rings (SSSR count). The number of Topliss-reactive ketones (excluding diaryl/α,β-unsaturated/α-hetero) is 1. The Morgan fingerprint density at radius 3 is 2.68 bits per heavy atom. The van der Waals surface area contributed by atoms with Crippen LogP contribution in [0.2, 0.25) is 10.0 Å². The Bertz CT molecular complexity index is 766. The van der Waals surface area contributed by atoms with Gasteiger partial charge in [0.05, 0.1) is 33.5 Å². The second-order valence-corrected chi connectivity index (χ2v) is 6.17. The smallest absolute Gasteiger partial charge is 0.184 e. The number of nitrogens with zero attached hydrogens (tertiary/aromatic N) is 2. The maximum absolute atomic E-state index is 14.7. The molecule has 0 bridgehead atoms. The molecule has 22 heavy (non-hydrogen) atoms. The van der Waals surface area contributed by atoms with Crippen LogP contribution in [-0.4, -0.2) is 38.3 Å². The lowest BCUT2D eigenvalue weighted by molar-refractivity contribution is -0.144. The summed E-state index contributed by atoms with van der Waals surface area (Å²) >= 11 is 11.9. The fourth-order valence-corrected chi connectivity index (χ4v) is 3.05. The third-order valence-corrected chi connectivity index (χ3v) is 4.81. The highest BCUT2D eigenvalue weighted by atomic mass is 35.5. The number of rotatable bonds is 2. The molecule has 118 valence electrons. The van der Waals surface area contributed by atoms with E-state index in [1.807, 2.05) is 0 Å². The van der Waals surface area contributed by atoms with Crippen molar-refractivity contribution in [3.8, 4) is 0 Å². The van der Waals surface area contributed by atoms with Crippen molar-refractivity contribution >= 4 is 40.0 Å². The number of ketones is 1. The van der Waals surface area contributed by atoms with E-state index in [4.69, 9.17) is 27.9 Å². The van der Waals surface area contributed by atoms with Crippen LogP contribution in [-0.2, 0) is 9.53 Å². The Balaban J connectivity index is 2.09. The van der Waals surface area contributed by atoms with Crippen LogP contribution in [0.15, 0.2) is 18.5 Å². The molecule has 1 aromatic carbocycles. The minimum absolute atomic E-state index is 0.291. The number of alkyl halides is 1. The molecular formula is C14H13Cl2FN2O3. The molecule has 1 aromatic heterocycles. The topological polar surface area (TPSA) is 64.3 Å². The molecule has 1 N–H and O–H groups in total. The van der Waals surface area contributed by atoms with Crippen LogP contribution >= 0.6 is 23.2 Å². The highest BCUT2D eigenvalue weighted by Gasteiger charge is 2.58. The van der Waals surface area contributed by atoms with Crippen LogP contribution in [0, 0.1) is 0 Å². The molecule has 1 aliphatic rings. The minimum atomic E-state index is -2.18. The maximum Gasteiger partial charge on any atom is 0.184 e. The summed E-state index contributed by atoms with van der Waals surface area (Å²) in [6.45, 7) is 2.59. The lowest BCUT2D eigenvalue weighted by Crippen LogP contribution is -2.50. The summed E-state index contributed by atoms with van der Waals surface area (Å²) in [6.07, 6.45) is -2.71. The third-order valence-electron chi connectivity index (χ3n) is 4.09. The molecule has 0 aliphatic carbocycles. The van der Waals surface area contributed by atoms with Crippen LogP contribution in [0.4, 0.5) is 4.39 Å². The molecule has 2 aromatic rings. The van der Waals surface area contributed by atoms with Gasteiger partial charge in [-0.15, -0.1) is 0 Å². The van der Waals surface area contributed by atoms with Crippen molar-refractivity contribution in [1.29, 1.82) is 0 Å². The first-order chi connectivity index (χ1) is 10.3. The van der Waals surface area contributed by atoms with Crippen molar-refractivity contribution in [2.24, 2.45) is 0 Å². The summed E-state index contributed by atoms with van der Waals surface area (Å²) in [7, 11) is 0. The van der Waals surface area contributed by atoms with Gasteiger partial charge in [0.15, 0.2) is 23.8 Å². The number of aromatic nitrogens is 2. The fourth-order valence-electron chi connectivity index (χ4n) is 2.74. The Kier molecular flexibility index (Phi) is 3.68. The van der Waals surface area contributed by atoms with Crippen LogP contribution < -0.4 is 0 Å². The van der Waals surface area contributed by atoms with Gasteiger partial charge in [-0.3, -0.25) is 4.79 Å². The molecule has 1 fully saturated rings. The number of aliphatic hydroxyl groups is 1. The summed E-state index contributed by atoms with van der Waals surface area (Å²) in [5.41, 5.74) is -1.17. The van der Waals surface area contributed by atoms with Crippen LogP contribution in [0.5, 0.6) is 0 Å². The van der Waals surface area contributed by atoms with E-state index in [9.17, 15) is 14.3 Å². The Morgan fingerprint density at radius 1 is 1.45 bits per heavy atom. The zero-order valence-electron chi connectivity index (χ0n) is 11.8. The van der Waals surface area contributed by atoms with Crippen molar-refractivity contribution in [3.63, 3.8) is 0 Å². The van der Waals surface area contributed by atoms with Crippen LogP contribution in [0.25, 0.3) is 11.0 Å². The minimum Gasteiger partial charge on any atom is -0.377 e. The van der Waals surface area contributed by atoms with Gasteiger partial charge in [-0.05, 0) is 26.0 Å². The number of carbonyl (C=O) groups excluding carboxylic acids is 1. The molecule has 5 nitrogen and oxygen atoms in total. The van der Waals surface area contributed by atoms with E-state index in [-0.39, 0.29) is 0 Å². The number of halogens is 3. The monoisotopic (exact) mass is 346 g/mol. The maximum atomic E-state index is 14.7. The van der Waals surface area contributed by atoms with Gasteiger partial charge in [0.2, 0.25) is 0 Å². The summed E-state index contributed by atoms with van der Waals surface area (Å²) in [4.78, 5) is 15.8. The zero-order chi connectivity index (χ0) is 16.2. The Morgan fingerprint density at radius 2 is 2.09 bits per heavy atom. The second-order valence-electron chi connectivity index (χ2n) is 5.36. The van der Waals surface area contributed by atoms with E-state index in [0.29, 0.717) is 21.1 Å². The summed E-state index contributed by atoms with van der Waals surface area (Å²) in [5.74, 6) is -0.680. The van der Waals surface area contributed by atoms with E-state index in [2.05, 4.69) is 4.98 Å². The van der Waals surface area contributed by atoms with Crippen molar-refractivity contribution < 1.29 is 19.0 Å². The fraction of sp³-hybridized carbons (Fsp3) is 0.429. The summed E-state index contributed by atoms with van der Waals surface area (Å²) in [6, 6.07) is 3.09. The molecule has 0 spiro atoms. The lowest BCUT2D eigenvalue weighted by Gasteiger charge is -2.24. The highest BCUT2D eigenvalue weighted by Crippen LogP contribution is 2.41. The van der Waals surface area contributed by atoms with Gasteiger partial charge in [-0.2, -0.15) is 0 Å². The number of hydrogen-bond donors (Lipinski definition) is 1. The zero-order valence-corrected chi connectivity index (χ0v) is 13.3. The lowest BCUT2D eigenvalue weighted by atomic mass is 9.90. The number of fused-ring (bicyclic) bond motifs is 1. The second kappa shape index (κ2) is 5.16. The van der Waals surface area contributed by atoms with Crippen molar-refractivity contribution in [1.82, 2.24) is 9.55 Å². The number of hydrogen-bond acceptors (Lipinski definition) is 4. The van der Waals surface area contributed by atoms with Crippen LogP contribution in [0.1, 0.15) is 20.1 Å². The molecular weight excluding hydrogens is 334 g/mol. The third kappa shape index (κ3) is 2.06. The van der Waals surface area contributed by atoms with Gasteiger partial charge in [0, 0.05) is 0 Å². The molecule has 4 atom stereocenters. The first-order valence-electron chi connectivity index (χ1n) is 6.61. The number of imidazole rings is 1. The van der Waals surface area contributed by atoms with E-state index >= 15 is 0 Å². The molecule has 0 radical (unpaired) electrons. The number of ether oxygens (including phenoxy) is 1. The van der Waals surface area contributed by atoms with Crippen molar-refractivity contribution in [2.45, 2.75) is 38.0 Å². The first-order valence-corrected chi connectivity index (χ1v) is 7.37. The van der Waals surface area contributed by atoms with Crippen molar-refractivity contribution in [2.75, 3.05) is 0 Å². The average Bonchev–Trinajstić information content (AvgIpc) is 2.94. The van der Waals surface area contributed by atoms with Gasteiger partial charge in [-0.25, -0.2) is 9.37 Å². The van der Waals surface area contributed by atoms with E-state index in [0.717, 1.165) is 6.92 Å². The van der Waals surface area contributed by atoms with Gasteiger partial charge >= 0.3 is 0 Å².